The molecular weight excluding hydrogens is 404 g/mol. The molecule has 2 aromatic carbocycles. The molecule has 2 aliphatic rings. The predicted octanol–water partition coefficient (Wildman–Crippen LogP) is 3.77. The van der Waals surface area contributed by atoms with Crippen molar-refractivity contribution in [1.29, 1.82) is 0 Å². The number of aromatic carboxylic acids is 1. The molecule has 2 fully saturated rings. The number of carbonyl (C=O) groups is 1. The molecule has 0 unspecified atom stereocenters. The number of rotatable bonds is 5. The third kappa shape index (κ3) is 5.22. The highest BCUT2D eigenvalue weighted by Gasteiger charge is 2.23. The van der Waals surface area contributed by atoms with Crippen LogP contribution in [0.2, 0.25) is 0 Å². The second kappa shape index (κ2) is 10.0. The van der Waals surface area contributed by atoms with E-state index < -0.39 is 5.97 Å². The molecule has 2 heterocycles. The number of carboxylic acids is 1. The van der Waals surface area contributed by atoms with Gasteiger partial charge in [-0.05, 0) is 62.1 Å². The van der Waals surface area contributed by atoms with Gasteiger partial charge in [-0.25, -0.2) is 4.79 Å². The molecule has 0 aromatic heterocycles. The minimum Gasteiger partial charge on any atom is -0.478 e. The summed E-state index contributed by atoms with van der Waals surface area (Å²) in [5.41, 5.74) is 4.92. The second-order valence-corrected chi connectivity index (χ2v) is 8.50. The zero-order valence-corrected chi connectivity index (χ0v) is 18.9. The van der Waals surface area contributed by atoms with Gasteiger partial charge in [-0.1, -0.05) is 18.2 Å². The zero-order chi connectivity index (χ0) is 22.5. The lowest BCUT2D eigenvalue weighted by atomic mass is 10.1. The van der Waals surface area contributed by atoms with Gasteiger partial charge in [-0.3, -0.25) is 4.99 Å². The number of anilines is 2. The van der Waals surface area contributed by atoms with Gasteiger partial charge in [0.05, 0.1) is 18.2 Å². The first-order chi connectivity index (χ1) is 15.5. The van der Waals surface area contributed by atoms with Crippen LogP contribution >= 0.6 is 0 Å². The molecule has 2 aromatic rings. The number of guanidine groups is 1. The Labute approximate surface area is 189 Å². The molecule has 4 rings (SSSR count). The second-order valence-electron chi connectivity index (χ2n) is 8.50. The van der Waals surface area contributed by atoms with E-state index in [1.807, 2.05) is 6.07 Å². The minimum absolute atomic E-state index is 0.161. The fraction of sp³-hybridized carbons (Fsp3) is 0.440. The van der Waals surface area contributed by atoms with Crippen LogP contribution in [0.5, 0.6) is 0 Å². The van der Waals surface area contributed by atoms with Gasteiger partial charge in [0.2, 0.25) is 0 Å². The molecule has 0 bridgehead atoms. The number of benzene rings is 2. The highest BCUT2D eigenvalue weighted by atomic mass is 16.5. The Balaban J connectivity index is 1.48. The molecule has 7 heteroatoms. The maximum Gasteiger partial charge on any atom is 0.335 e. The van der Waals surface area contributed by atoms with Gasteiger partial charge in [-0.2, -0.15) is 0 Å². The molecule has 0 radical (unpaired) electrons. The summed E-state index contributed by atoms with van der Waals surface area (Å²) in [7, 11) is 0. The number of hydrogen-bond acceptors (Lipinski definition) is 4. The highest BCUT2D eigenvalue weighted by molar-refractivity contribution is 5.96. The lowest BCUT2D eigenvalue weighted by Crippen LogP contribution is -2.51. The number of nitrogens with zero attached hydrogens (tertiary/aromatic N) is 3. The first-order valence-corrected chi connectivity index (χ1v) is 11.3. The third-order valence-electron chi connectivity index (χ3n) is 6.33. The van der Waals surface area contributed by atoms with Crippen molar-refractivity contribution in [1.82, 2.24) is 4.90 Å². The van der Waals surface area contributed by atoms with Crippen LogP contribution < -0.4 is 10.2 Å². The van der Waals surface area contributed by atoms with Gasteiger partial charge in [-0.15, -0.1) is 0 Å². The molecule has 0 spiro atoms. The van der Waals surface area contributed by atoms with Crippen LogP contribution in [0.1, 0.15) is 34.3 Å². The van der Waals surface area contributed by atoms with E-state index in [0.717, 1.165) is 57.3 Å². The first-order valence-electron chi connectivity index (χ1n) is 11.3. The zero-order valence-electron chi connectivity index (χ0n) is 18.9. The molecule has 2 N–H and O–H groups in total. The summed E-state index contributed by atoms with van der Waals surface area (Å²) in [5, 5.41) is 12.7. The lowest BCUT2D eigenvalue weighted by Gasteiger charge is -2.38. The van der Waals surface area contributed by atoms with Gasteiger partial charge in [0.25, 0.3) is 0 Å². The largest absolute Gasteiger partial charge is 0.478 e. The van der Waals surface area contributed by atoms with Crippen molar-refractivity contribution < 1.29 is 14.6 Å². The summed E-state index contributed by atoms with van der Waals surface area (Å²) in [6.07, 6.45) is 2.28. The topological polar surface area (TPSA) is 77.4 Å². The van der Waals surface area contributed by atoms with Crippen molar-refractivity contribution in [2.45, 2.75) is 32.8 Å². The number of nitrogens with one attached hydrogen (secondary N) is 1. The van der Waals surface area contributed by atoms with E-state index in [-0.39, 0.29) is 11.7 Å². The van der Waals surface area contributed by atoms with Crippen LogP contribution in [-0.4, -0.2) is 67.4 Å². The Morgan fingerprint density at radius 3 is 2.66 bits per heavy atom. The summed E-state index contributed by atoms with van der Waals surface area (Å²) in [4.78, 5) is 20.9. The molecule has 170 valence electrons. The average molecular weight is 437 g/mol. The smallest absolute Gasteiger partial charge is 0.335 e. The Hall–Kier alpha value is -3.06. The van der Waals surface area contributed by atoms with E-state index in [2.05, 4.69) is 47.2 Å². The number of hydrogen-bond donors (Lipinski definition) is 2. The Morgan fingerprint density at radius 2 is 1.94 bits per heavy atom. The lowest BCUT2D eigenvalue weighted by molar-refractivity contribution is 0.0697. The van der Waals surface area contributed by atoms with E-state index in [1.54, 1.807) is 18.2 Å². The van der Waals surface area contributed by atoms with Gasteiger partial charge in [0, 0.05) is 44.2 Å². The van der Waals surface area contributed by atoms with Crippen LogP contribution in [0.3, 0.4) is 0 Å². The van der Waals surface area contributed by atoms with E-state index in [4.69, 9.17) is 9.73 Å². The van der Waals surface area contributed by atoms with Crippen LogP contribution in [0.4, 0.5) is 11.4 Å². The van der Waals surface area contributed by atoms with Crippen molar-refractivity contribution in [2.75, 3.05) is 49.5 Å². The van der Waals surface area contributed by atoms with Crippen LogP contribution in [0.15, 0.2) is 47.5 Å². The van der Waals surface area contributed by atoms with Gasteiger partial charge >= 0.3 is 5.97 Å². The number of carboxylic acid groups (broad SMARTS) is 1. The van der Waals surface area contributed by atoms with Gasteiger partial charge in [0.1, 0.15) is 0 Å². The monoisotopic (exact) mass is 436 g/mol. The van der Waals surface area contributed by atoms with Crippen molar-refractivity contribution in [2.24, 2.45) is 4.99 Å². The maximum absolute atomic E-state index is 11.4. The van der Waals surface area contributed by atoms with Crippen LogP contribution in [0.25, 0.3) is 0 Å². The fourth-order valence-electron chi connectivity index (χ4n) is 4.29. The Morgan fingerprint density at radius 1 is 1.16 bits per heavy atom. The summed E-state index contributed by atoms with van der Waals surface area (Å²) in [5.74, 6) is -0.155. The molecule has 2 saturated heterocycles. The Bertz CT molecular complexity index is 977. The molecule has 2 aliphatic heterocycles. The average Bonchev–Trinajstić information content (AvgIpc) is 3.32. The summed E-state index contributed by atoms with van der Waals surface area (Å²) in [6.45, 7) is 9.23. The highest BCUT2D eigenvalue weighted by Crippen LogP contribution is 2.24. The summed E-state index contributed by atoms with van der Waals surface area (Å²) < 4.78 is 5.75. The van der Waals surface area contributed by atoms with Crippen molar-refractivity contribution in [3.05, 3.63) is 59.2 Å². The van der Waals surface area contributed by atoms with Crippen LogP contribution in [0, 0.1) is 13.8 Å². The van der Waals surface area contributed by atoms with Gasteiger partial charge in [0.15, 0.2) is 5.96 Å². The van der Waals surface area contributed by atoms with Crippen molar-refractivity contribution in [3.63, 3.8) is 0 Å². The number of ether oxygens (including phenoxy) is 1. The molecule has 1 atom stereocenters. The fourth-order valence-corrected chi connectivity index (χ4v) is 4.29. The minimum atomic E-state index is -0.936. The predicted molar refractivity (Wildman–Crippen MR) is 128 cm³/mol. The SMILES string of the molecule is Cc1cccc(N2CCN(C(=NC[C@@H]3CCCO3)Nc3cccc(C(=O)O)c3)CC2)c1C. The van der Waals surface area contributed by atoms with E-state index in [0.29, 0.717) is 6.54 Å². The van der Waals surface area contributed by atoms with Gasteiger partial charge < -0.3 is 25.0 Å². The van der Waals surface area contributed by atoms with E-state index in [9.17, 15) is 9.90 Å². The number of aliphatic imine (C=N–C) groups is 1. The normalized spacial score (nSPS) is 19.3. The molecule has 7 nitrogen and oxygen atoms in total. The first kappa shape index (κ1) is 22.1. The van der Waals surface area contributed by atoms with Crippen LogP contribution in [-0.2, 0) is 4.74 Å². The van der Waals surface area contributed by atoms with E-state index >= 15 is 0 Å². The standard InChI is InChI=1S/C25H32N4O3/c1-18-6-3-10-23(19(18)2)28-11-13-29(14-12-28)25(26-17-22-9-5-15-32-22)27-21-8-4-7-20(16-21)24(30)31/h3-4,6-8,10,16,22H,5,9,11-15,17H2,1-2H3,(H,26,27)(H,30,31)/t22-/m0/s1. The molecule has 32 heavy (non-hydrogen) atoms. The molecule has 0 amide bonds. The number of aryl methyl sites for hydroxylation is 1. The molecular formula is C25H32N4O3. The quantitative estimate of drug-likeness (QED) is 0.549. The van der Waals surface area contributed by atoms with E-state index in [1.165, 1.54) is 16.8 Å². The van der Waals surface area contributed by atoms with Crippen molar-refractivity contribution >= 4 is 23.3 Å². The maximum atomic E-state index is 11.4. The summed E-state index contributed by atoms with van der Waals surface area (Å²) in [6, 6.07) is 13.3. The molecule has 0 aliphatic carbocycles. The third-order valence-corrected chi connectivity index (χ3v) is 6.33. The Kier molecular flexibility index (Phi) is 6.95. The molecule has 0 saturated carbocycles. The summed E-state index contributed by atoms with van der Waals surface area (Å²) >= 11 is 0. The van der Waals surface area contributed by atoms with Crippen molar-refractivity contribution in [3.8, 4) is 0 Å². The number of piperazine rings is 1.